The first kappa shape index (κ1) is 16.0. The first-order valence-electron chi connectivity index (χ1n) is 6.55. The molecule has 1 atom stereocenters. The number of carbonyl (C=O) groups is 1. The van der Waals surface area contributed by atoms with Gasteiger partial charge in [-0.3, -0.25) is 9.79 Å². The lowest BCUT2D eigenvalue weighted by atomic mass is 10.1. The standard InChI is InChI=1S/C14H22N4O2/c1-17-14(16)18-9-5-8-12(15)13(19)20-10-11-6-3-2-4-7-11/h2-4,6-7,12H,5,8-10,15H2,1H3,(H3,16,17,18)/t12-/m1/s1. The van der Waals surface area contributed by atoms with E-state index in [1.807, 2.05) is 30.3 Å². The number of carbonyl (C=O) groups excluding carboxylic acids is 1. The van der Waals surface area contributed by atoms with Crippen molar-refractivity contribution in [2.45, 2.75) is 25.5 Å². The summed E-state index contributed by atoms with van der Waals surface area (Å²) in [4.78, 5) is 15.4. The molecule has 0 heterocycles. The van der Waals surface area contributed by atoms with Crippen LogP contribution in [0.25, 0.3) is 0 Å². The zero-order valence-electron chi connectivity index (χ0n) is 11.7. The normalized spacial score (nSPS) is 12.8. The Labute approximate surface area is 119 Å². The summed E-state index contributed by atoms with van der Waals surface area (Å²) in [5, 5.41) is 2.90. The van der Waals surface area contributed by atoms with Gasteiger partial charge in [-0.25, -0.2) is 0 Å². The average Bonchev–Trinajstić information content (AvgIpc) is 2.49. The van der Waals surface area contributed by atoms with E-state index in [1.54, 1.807) is 7.05 Å². The second-order valence-electron chi connectivity index (χ2n) is 4.38. The predicted octanol–water partition coefficient (Wildman–Crippen LogP) is 0.371. The molecule has 0 aliphatic heterocycles. The van der Waals surface area contributed by atoms with Gasteiger partial charge in [0.1, 0.15) is 12.6 Å². The van der Waals surface area contributed by atoms with E-state index < -0.39 is 6.04 Å². The molecular formula is C14H22N4O2. The lowest BCUT2D eigenvalue weighted by Crippen LogP contribution is -2.35. The van der Waals surface area contributed by atoms with E-state index >= 15 is 0 Å². The van der Waals surface area contributed by atoms with Crippen molar-refractivity contribution in [2.75, 3.05) is 13.6 Å². The molecule has 1 aromatic rings. The zero-order valence-corrected chi connectivity index (χ0v) is 11.7. The van der Waals surface area contributed by atoms with E-state index in [4.69, 9.17) is 16.2 Å². The van der Waals surface area contributed by atoms with Gasteiger partial charge in [-0.2, -0.15) is 0 Å². The monoisotopic (exact) mass is 278 g/mol. The van der Waals surface area contributed by atoms with Crippen LogP contribution in [0.2, 0.25) is 0 Å². The van der Waals surface area contributed by atoms with Gasteiger partial charge in [0.05, 0.1) is 0 Å². The molecule has 110 valence electrons. The van der Waals surface area contributed by atoms with Crippen LogP contribution in [0.4, 0.5) is 0 Å². The Bertz CT molecular complexity index is 434. The molecule has 0 aromatic heterocycles. The highest BCUT2D eigenvalue weighted by atomic mass is 16.5. The highest BCUT2D eigenvalue weighted by Crippen LogP contribution is 2.03. The summed E-state index contributed by atoms with van der Waals surface area (Å²) in [5.74, 6) is -0.00351. The smallest absolute Gasteiger partial charge is 0.323 e. The van der Waals surface area contributed by atoms with Crippen molar-refractivity contribution >= 4 is 11.9 Å². The fourth-order valence-corrected chi connectivity index (χ4v) is 1.57. The molecule has 20 heavy (non-hydrogen) atoms. The number of ether oxygens (including phenoxy) is 1. The number of guanidine groups is 1. The molecule has 1 rings (SSSR count). The predicted molar refractivity (Wildman–Crippen MR) is 79.0 cm³/mol. The van der Waals surface area contributed by atoms with Crippen LogP contribution in [0.5, 0.6) is 0 Å². The van der Waals surface area contributed by atoms with Crippen molar-refractivity contribution in [1.29, 1.82) is 0 Å². The minimum atomic E-state index is -0.611. The Balaban J connectivity index is 2.19. The second kappa shape index (κ2) is 8.92. The minimum absolute atomic E-state index is 0.251. The topological polar surface area (TPSA) is 103 Å². The van der Waals surface area contributed by atoms with Gasteiger partial charge in [-0.1, -0.05) is 30.3 Å². The molecule has 6 heteroatoms. The van der Waals surface area contributed by atoms with Gasteiger partial charge in [0.25, 0.3) is 0 Å². The van der Waals surface area contributed by atoms with Crippen LogP contribution in [0.15, 0.2) is 35.3 Å². The first-order valence-corrected chi connectivity index (χ1v) is 6.55. The van der Waals surface area contributed by atoms with Crippen LogP contribution in [0.3, 0.4) is 0 Å². The van der Waals surface area contributed by atoms with Gasteiger partial charge in [0, 0.05) is 13.6 Å². The highest BCUT2D eigenvalue weighted by Gasteiger charge is 2.14. The van der Waals surface area contributed by atoms with Gasteiger partial charge >= 0.3 is 5.97 Å². The summed E-state index contributed by atoms with van der Waals surface area (Å²) in [7, 11) is 1.61. The molecular weight excluding hydrogens is 256 g/mol. The molecule has 1 aromatic carbocycles. The fraction of sp³-hybridized carbons (Fsp3) is 0.429. The van der Waals surface area contributed by atoms with E-state index in [9.17, 15) is 4.79 Å². The molecule has 0 fully saturated rings. The molecule has 0 unspecified atom stereocenters. The lowest BCUT2D eigenvalue weighted by Gasteiger charge is -2.12. The Morgan fingerprint density at radius 2 is 2.10 bits per heavy atom. The number of rotatable bonds is 7. The van der Waals surface area contributed by atoms with Crippen LogP contribution in [-0.2, 0) is 16.1 Å². The maximum atomic E-state index is 11.7. The number of aliphatic imine (C=N–C) groups is 1. The summed E-state index contributed by atoms with van der Waals surface area (Å²) in [6, 6.07) is 8.89. The van der Waals surface area contributed by atoms with Gasteiger partial charge in [-0.15, -0.1) is 0 Å². The Kier molecular flexibility index (Phi) is 7.13. The van der Waals surface area contributed by atoms with E-state index in [0.29, 0.717) is 18.9 Å². The largest absolute Gasteiger partial charge is 0.460 e. The number of nitrogens with zero attached hydrogens (tertiary/aromatic N) is 1. The van der Waals surface area contributed by atoms with Crippen LogP contribution >= 0.6 is 0 Å². The molecule has 0 saturated carbocycles. The number of nitrogens with one attached hydrogen (secondary N) is 1. The van der Waals surface area contributed by atoms with Crippen molar-refractivity contribution in [3.05, 3.63) is 35.9 Å². The number of esters is 1. The number of nitrogens with two attached hydrogens (primary N) is 2. The highest BCUT2D eigenvalue weighted by molar-refractivity contribution is 5.77. The maximum absolute atomic E-state index is 11.7. The third-order valence-corrected chi connectivity index (χ3v) is 2.77. The summed E-state index contributed by atoms with van der Waals surface area (Å²) < 4.78 is 5.16. The SMILES string of the molecule is CN=C(N)NCCC[C@@H](N)C(=O)OCc1ccccc1. The third-order valence-electron chi connectivity index (χ3n) is 2.77. The number of benzene rings is 1. The third kappa shape index (κ3) is 6.19. The van der Waals surface area contributed by atoms with Crippen molar-refractivity contribution < 1.29 is 9.53 Å². The molecule has 5 N–H and O–H groups in total. The molecule has 0 amide bonds. The number of hydrogen-bond donors (Lipinski definition) is 3. The minimum Gasteiger partial charge on any atom is -0.460 e. The van der Waals surface area contributed by atoms with Crippen LogP contribution in [-0.4, -0.2) is 31.6 Å². The van der Waals surface area contributed by atoms with Gasteiger partial charge in [0.15, 0.2) is 5.96 Å². The first-order chi connectivity index (χ1) is 9.63. The lowest BCUT2D eigenvalue weighted by molar-refractivity contribution is -0.146. The van der Waals surface area contributed by atoms with Crippen LogP contribution in [0, 0.1) is 0 Å². The molecule has 0 aliphatic carbocycles. The van der Waals surface area contributed by atoms with Crippen LogP contribution in [0.1, 0.15) is 18.4 Å². The maximum Gasteiger partial charge on any atom is 0.323 e. The van der Waals surface area contributed by atoms with Crippen molar-refractivity contribution in [2.24, 2.45) is 16.5 Å². The quantitative estimate of drug-likeness (QED) is 0.289. The molecule has 0 aliphatic rings. The van der Waals surface area contributed by atoms with Crippen molar-refractivity contribution in [1.82, 2.24) is 5.32 Å². The fourth-order valence-electron chi connectivity index (χ4n) is 1.57. The van der Waals surface area contributed by atoms with E-state index in [0.717, 1.165) is 12.0 Å². The van der Waals surface area contributed by atoms with Crippen molar-refractivity contribution in [3.8, 4) is 0 Å². The molecule has 0 spiro atoms. The Morgan fingerprint density at radius 1 is 1.40 bits per heavy atom. The van der Waals surface area contributed by atoms with E-state index in [1.165, 1.54) is 0 Å². The van der Waals surface area contributed by atoms with Gasteiger partial charge in [0.2, 0.25) is 0 Å². The molecule has 6 nitrogen and oxygen atoms in total. The number of hydrogen-bond acceptors (Lipinski definition) is 4. The van der Waals surface area contributed by atoms with E-state index in [2.05, 4.69) is 10.3 Å². The summed E-state index contributed by atoms with van der Waals surface area (Å²) in [6.07, 6.45) is 1.26. The Hall–Kier alpha value is -2.08. The molecule has 0 saturated heterocycles. The second-order valence-corrected chi connectivity index (χ2v) is 4.38. The van der Waals surface area contributed by atoms with E-state index in [-0.39, 0.29) is 12.6 Å². The van der Waals surface area contributed by atoms with Gasteiger partial charge in [-0.05, 0) is 18.4 Å². The van der Waals surface area contributed by atoms with Crippen molar-refractivity contribution in [3.63, 3.8) is 0 Å². The zero-order chi connectivity index (χ0) is 14.8. The van der Waals surface area contributed by atoms with Crippen LogP contribution < -0.4 is 16.8 Å². The average molecular weight is 278 g/mol. The summed E-state index contributed by atoms with van der Waals surface area (Å²) >= 11 is 0. The Morgan fingerprint density at radius 3 is 2.75 bits per heavy atom. The van der Waals surface area contributed by atoms with Gasteiger partial charge < -0.3 is 21.5 Å². The summed E-state index contributed by atoms with van der Waals surface area (Å²) in [5.41, 5.74) is 12.2. The molecule has 0 radical (unpaired) electrons. The molecule has 0 bridgehead atoms. The summed E-state index contributed by atoms with van der Waals surface area (Å²) in [6.45, 7) is 0.879.